The van der Waals surface area contributed by atoms with Crippen LogP contribution in [-0.4, -0.2) is 43.5 Å². The minimum absolute atomic E-state index is 0.234. The number of nitrogens with two attached hydrogens (primary N) is 1. The molecule has 2 N–H and O–H groups in total. The van der Waals surface area contributed by atoms with E-state index < -0.39 is 0 Å². The molecule has 22 heavy (non-hydrogen) atoms. The molecule has 2 aliphatic rings. The van der Waals surface area contributed by atoms with E-state index in [0.717, 1.165) is 51.1 Å². The summed E-state index contributed by atoms with van der Waals surface area (Å²) in [5, 5.41) is 0. The highest BCUT2D eigenvalue weighted by molar-refractivity contribution is 5.95. The van der Waals surface area contributed by atoms with Gasteiger partial charge in [-0.25, -0.2) is 0 Å². The molecule has 0 aromatic heterocycles. The number of fused-ring (bicyclic) bond motifs is 1. The molecule has 4 heteroatoms. The van der Waals surface area contributed by atoms with Gasteiger partial charge < -0.3 is 10.6 Å². The standard InChI is InChI=1S/C18H27N3O/c1-14-8-10-20(12-16(14)11-19)13-18(22)21-9-4-6-15-5-2-3-7-17(15)21/h2-3,5,7,14,16H,4,6,8-13,19H2,1H3. The zero-order valence-electron chi connectivity index (χ0n) is 13.5. The van der Waals surface area contributed by atoms with Crippen molar-refractivity contribution in [2.45, 2.75) is 26.2 Å². The van der Waals surface area contributed by atoms with Crippen molar-refractivity contribution in [3.05, 3.63) is 29.8 Å². The summed E-state index contributed by atoms with van der Waals surface area (Å²) in [6, 6.07) is 8.30. The van der Waals surface area contributed by atoms with Gasteiger partial charge in [-0.15, -0.1) is 0 Å². The first-order valence-corrected chi connectivity index (χ1v) is 8.49. The minimum Gasteiger partial charge on any atom is -0.330 e. The van der Waals surface area contributed by atoms with Gasteiger partial charge in [0.2, 0.25) is 5.91 Å². The molecular weight excluding hydrogens is 274 g/mol. The third kappa shape index (κ3) is 3.18. The lowest BCUT2D eigenvalue weighted by atomic mass is 9.87. The molecular formula is C18H27N3O. The Balaban J connectivity index is 1.66. The topological polar surface area (TPSA) is 49.6 Å². The largest absolute Gasteiger partial charge is 0.330 e. The summed E-state index contributed by atoms with van der Waals surface area (Å²) >= 11 is 0. The van der Waals surface area contributed by atoms with E-state index in [0.29, 0.717) is 18.4 Å². The molecule has 1 aromatic rings. The van der Waals surface area contributed by atoms with E-state index in [-0.39, 0.29) is 5.91 Å². The van der Waals surface area contributed by atoms with Crippen LogP contribution in [0.25, 0.3) is 0 Å². The van der Waals surface area contributed by atoms with Crippen LogP contribution >= 0.6 is 0 Å². The summed E-state index contributed by atoms with van der Waals surface area (Å²) in [4.78, 5) is 17.0. The van der Waals surface area contributed by atoms with Crippen LogP contribution in [-0.2, 0) is 11.2 Å². The van der Waals surface area contributed by atoms with Crippen molar-refractivity contribution in [1.29, 1.82) is 0 Å². The molecule has 0 radical (unpaired) electrons. The van der Waals surface area contributed by atoms with Gasteiger partial charge in [-0.1, -0.05) is 25.1 Å². The number of rotatable bonds is 3. The van der Waals surface area contributed by atoms with E-state index in [1.54, 1.807) is 0 Å². The Morgan fingerprint density at radius 3 is 2.95 bits per heavy atom. The Kier molecular flexibility index (Phi) is 4.79. The van der Waals surface area contributed by atoms with Crippen LogP contribution < -0.4 is 10.6 Å². The highest BCUT2D eigenvalue weighted by Crippen LogP contribution is 2.27. The van der Waals surface area contributed by atoms with Gasteiger partial charge in [-0.2, -0.15) is 0 Å². The van der Waals surface area contributed by atoms with Crippen molar-refractivity contribution in [2.75, 3.05) is 37.6 Å². The van der Waals surface area contributed by atoms with Crippen molar-refractivity contribution in [2.24, 2.45) is 17.6 Å². The molecule has 2 atom stereocenters. The van der Waals surface area contributed by atoms with Crippen LogP contribution in [0.2, 0.25) is 0 Å². The molecule has 120 valence electrons. The van der Waals surface area contributed by atoms with Crippen molar-refractivity contribution in [3.63, 3.8) is 0 Å². The van der Waals surface area contributed by atoms with Gasteiger partial charge in [0.1, 0.15) is 0 Å². The molecule has 2 aliphatic heterocycles. The predicted octanol–water partition coefficient (Wildman–Crippen LogP) is 1.88. The zero-order chi connectivity index (χ0) is 15.5. The molecule has 2 heterocycles. The quantitative estimate of drug-likeness (QED) is 0.927. The molecule has 1 fully saturated rings. The van der Waals surface area contributed by atoms with Gasteiger partial charge in [0, 0.05) is 18.8 Å². The molecule has 1 aromatic carbocycles. The van der Waals surface area contributed by atoms with Crippen molar-refractivity contribution in [1.82, 2.24) is 4.90 Å². The summed E-state index contributed by atoms with van der Waals surface area (Å²) in [5.74, 6) is 1.43. The van der Waals surface area contributed by atoms with Crippen LogP contribution in [0, 0.1) is 11.8 Å². The molecule has 2 unspecified atom stereocenters. The number of carbonyl (C=O) groups excluding carboxylic acids is 1. The van der Waals surface area contributed by atoms with Crippen LogP contribution in [0.5, 0.6) is 0 Å². The Morgan fingerprint density at radius 2 is 2.14 bits per heavy atom. The number of hydrogen-bond acceptors (Lipinski definition) is 3. The predicted molar refractivity (Wildman–Crippen MR) is 89.9 cm³/mol. The number of likely N-dealkylation sites (tertiary alicyclic amines) is 1. The Hall–Kier alpha value is -1.39. The summed E-state index contributed by atoms with van der Waals surface area (Å²) in [7, 11) is 0. The van der Waals surface area contributed by atoms with Crippen LogP contribution in [0.3, 0.4) is 0 Å². The summed E-state index contributed by atoms with van der Waals surface area (Å²) in [6.45, 7) is 6.34. The van der Waals surface area contributed by atoms with E-state index in [2.05, 4.69) is 30.0 Å². The molecule has 0 spiro atoms. The highest BCUT2D eigenvalue weighted by atomic mass is 16.2. The Morgan fingerprint density at radius 1 is 1.32 bits per heavy atom. The molecule has 0 aliphatic carbocycles. The fraction of sp³-hybridized carbons (Fsp3) is 0.611. The van der Waals surface area contributed by atoms with E-state index in [4.69, 9.17) is 5.73 Å². The van der Waals surface area contributed by atoms with Crippen molar-refractivity contribution < 1.29 is 4.79 Å². The first kappa shape index (κ1) is 15.5. The molecule has 1 amide bonds. The number of piperidine rings is 1. The lowest BCUT2D eigenvalue weighted by molar-refractivity contribution is -0.120. The highest BCUT2D eigenvalue weighted by Gasteiger charge is 2.28. The normalized spacial score (nSPS) is 25.8. The second-order valence-electron chi connectivity index (χ2n) is 6.77. The fourth-order valence-corrected chi connectivity index (χ4v) is 3.74. The van der Waals surface area contributed by atoms with E-state index in [9.17, 15) is 4.79 Å². The average molecular weight is 301 g/mol. The second kappa shape index (κ2) is 6.80. The van der Waals surface area contributed by atoms with Gasteiger partial charge >= 0.3 is 0 Å². The van der Waals surface area contributed by atoms with Crippen molar-refractivity contribution >= 4 is 11.6 Å². The molecule has 0 saturated carbocycles. The lowest BCUT2D eigenvalue weighted by Gasteiger charge is -2.38. The summed E-state index contributed by atoms with van der Waals surface area (Å²) in [6.07, 6.45) is 3.29. The average Bonchev–Trinajstić information content (AvgIpc) is 2.56. The van der Waals surface area contributed by atoms with Crippen LogP contribution in [0.15, 0.2) is 24.3 Å². The summed E-state index contributed by atoms with van der Waals surface area (Å²) < 4.78 is 0. The number of benzene rings is 1. The maximum Gasteiger partial charge on any atom is 0.241 e. The third-order valence-electron chi connectivity index (χ3n) is 5.27. The third-order valence-corrected chi connectivity index (χ3v) is 5.27. The number of para-hydroxylation sites is 1. The van der Waals surface area contributed by atoms with Gasteiger partial charge in [0.05, 0.1) is 6.54 Å². The fourth-order valence-electron chi connectivity index (χ4n) is 3.74. The first-order valence-electron chi connectivity index (χ1n) is 8.49. The van der Waals surface area contributed by atoms with Crippen LogP contribution in [0.1, 0.15) is 25.3 Å². The summed E-state index contributed by atoms with van der Waals surface area (Å²) in [5.41, 5.74) is 8.28. The smallest absolute Gasteiger partial charge is 0.241 e. The monoisotopic (exact) mass is 301 g/mol. The molecule has 3 rings (SSSR count). The Bertz CT molecular complexity index is 531. The number of nitrogens with zero attached hydrogens (tertiary/aromatic N) is 2. The van der Waals surface area contributed by atoms with Crippen LogP contribution in [0.4, 0.5) is 5.69 Å². The number of anilines is 1. The Labute approximate surface area is 133 Å². The van der Waals surface area contributed by atoms with Gasteiger partial charge in [0.15, 0.2) is 0 Å². The lowest BCUT2D eigenvalue weighted by Crippen LogP contribution is -2.48. The SMILES string of the molecule is CC1CCN(CC(=O)N2CCCc3ccccc32)CC1CN. The molecule has 1 saturated heterocycles. The number of carbonyl (C=O) groups is 1. The minimum atomic E-state index is 0.234. The van der Waals surface area contributed by atoms with Crippen molar-refractivity contribution in [3.8, 4) is 0 Å². The maximum absolute atomic E-state index is 12.8. The molecule has 4 nitrogen and oxygen atoms in total. The first-order chi connectivity index (χ1) is 10.7. The molecule has 0 bridgehead atoms. The van der Waals surface area contributed by atoms with Gasteiger partial charge in [-0.05, 0) is 55.8 Å². The second-order valence-corrected chi connectivity index (χ2v) is 6.77. The van der Waals surface area contributed by atoms with E-state index >= 15 is 0 Å². The maximum atomic E-state index is 12.8. The van der Waals surface area contributed by atoms with E-state index in [1.807, 2.05) is 11.0 Å². The van der Waals surface area contributed by atoms with Gasteiger partial charge in [0.25, 0.3) is 0 Å². The number of hydrogen-bond donors (Lipinski definition) is 1. The number of aryl methyl sites for hydroxylation is 1. The van der Waals surface area contributed by atoms with Gasteiger partial charge in [-0.3, -0.25) is 9.69 Å². The zero-order valence-corrected chi connectivity index (χ0v) is 13.5. The van der Waals surface area contributed by atoms with E-state index in [1.165, 1.54) is 5.56 Å². The number of amides is 1.